The SMILES string of the molecule is CC(C)(C(=O)O)C(C)(C)C(NCC(NCC(N)C(=O)O)C(=O)O)C(=O)O. The highest BCUT2D eigenvalue weighted by Gasteiger charge is 2.51. The number of carboxylic acid groups (broad SMARTS) is 4. The zero-order valence-corrected chi connectivity index (χ0v) is 15.1. The topological polar surface area (TPSA) is 199 Å². The first kappa shape index (κ1) is 23.8. The number of rotatable bonds is 12. The minimum atomic E-state index is -1.43. The molecule has 0 fully saturated rings. The molecule has 0 amide bonds. The van der Waals surface area contributed by atoms with E-state index in [1.165, 1.54) is 27.7 Å². The second-order valence-electron chi connectivity index (χ2n) is 7.08. The summed E-state index contributed by atoms with van der Waals surface area (Å²) in [6, 6.07) is -4.01. The first-order chi connectivity index (χ1) is 11.7. The molecule has 3 unspecified atom stereocenters. The van der Waals surface area contributed by atoms with E-state index in [9.17, 15) is 34.5 Å². The lowest BCUT2D eigenvalue weighted by molar-refractivity contribution is -0.160. The number of nitrogens with one attached hydrogen (secondary N) is 2. The Morgan fingerprint density at radius 3 is 1.69 bits per heavy atom. The van der Waals surface area contributed by atoms with Gasteiger partial charge in [0.05, 0.1) is 5.41 Å². The lowest BCUT2D eigenvalue weighted by Crippen LogP contribution is -2.59. The molecule has 0 saturated carbocycles. The summed E-state index contributed by atoms with van der Waals surface area (Å²) in [5.41, 5.74) is 2.58. The second kappa shape index (κ2) is 8.92. The van der Waals surface area contributed by atoms with Crippen LogP contribution < -0.4 is 16.4 Å². The number of carboxylic acids is 4. The maximum absolute atomic E-state index is 11.6. The molecule has 11 nitrogen and oxygen atoms in total. The average Bonchev–Trinajstić information content (AvgIpc) is 2.48. The molecule has 0 aliphatic heterocycles. The first-order valence-corrected chi connectivity index (χ1v) is 7.80. The quantitative estimate of drug-likeness (QED) is 0.211. The van der Waals surface area contributed by atoms with E-state index in [0.29, 0.717) is 0 Å². The Bertz CT molecular complexity index is 561. The molecule has 0 aromatic carbocycles. The molecule has 11 heteroatoms. The van der Waals surface area contributed by atoms with E-state index < -0.39 is 52.8 Å². The summed E-state index contributed by atoms with van der Waals surface area (Å²) in [7, 11) is 0. The van der Waals surface area contributed by atoms with Crippen molar-refractivity contribution in [3.05, 3.63) is 0 Å². The van der Waals surface area contributed by atoms with Crippen molar-refractivity contribution in [2.75, 3.05) is 13.1 Å². The molecule has 0 heterocycles. The van der Waals surface area contributed by atoms with Crippen molar-refractivity contribution in [3.8, 4) is 0 Å². The molecule has 0 aliphatic carbocycles. The summed E-state index contributed by atoms with van der Waals surface area (Å²) in [5.74, 6) is -5.19. The van der Waals surface area contributed by atoms with Crippen LogP contribution in [0.15, 0.2) is 0 Å². The van der Waals surface area contributed by atoms with Crippen molar-refractivity contribution in [1.82, 2.24) is 10.6 Å². The van der Waals surface area contributed by atoms with E-state index in [0.717, 1.165) is 0 Å². The normalized spacial score (nSPS) is 15.7. The van der Waals surface area contributed by atoms with Gasteiger partial charge in [-0.2, -0.15) is 0 Å². The largest absolute Gasteiger partial charge is 0.481 e. The van der Waals surface area contributed by atoms with Gasteiger partial charge in [0.15, 0.2) is 0 Å². The highest BCUT2D eigenvalue weighted by atomic mass is 16.4. The van der Waals surface area contributed by atoms with Gasteiger partial charge in [-0.25, -0.2) is 0 Å². The molecular weight excluding hydrogens is 350 g/mol. The fourth-order valence-corrected chi connectivity index (χ4v) is 2.13. The van der Waals surface area contributed by atoms with Crippen molar-refractivity contribution in [1.29, 1.82) is 0 Å². The third-order valence-corrected chi connectivity index (χ3v) is 4.84. The van der Waals surface area contributed by atoms with Gasteiger partial charge in [-0.1, -0.05) is 13.8 Å². The first-order valence-electron chi connectivity index (χ1n) is 7.80. The van der Waals surface area contributed by atoms with Gasteiger partial charge in [0.25, 0.3) is 0 Å². The van der Waals surface area contributed by atoms with Crippen LogP contribution in [0.1, 0.15) is 27.7 Å². The lowest BCUT2D eigenvalue weighted by Gasteiger charge is -2.42. The summed E-state index contributed by atoms with van der Waals surface area (Å²) in [6.45, 7) is 4.96. The molecule has 26 heavy (non-hydrogen) atoms. The summed E-state index contributed by atoms with van der Waals surface area (Å²) in [6.07, 6.45) is 0. The van der Waals surface area contributed by atoms with Gasteiger partial charge in [-0.15, -0.1) is 0 Å². The van der Waals surface area contributed by atoms with Crippen molar-refractivity contribution in [3.63, 3.8) is 0 Å². The number of carbonyl (C=O) groups is 4. The third kappa shape index (κ3) is 5.64. The highest BCUT2D eigenvalue weighted by molar-refractivity contribution is 5.80. The summed E-state index contributed by atoms with van der Waals surface area (Å²) in [4.78, 5) is 45.1. The van der Waals surface area contributed by atoms with E-state index in [-0.39, 0.29) is 13.1 Å². The number of aliphatic carboxylic acids is 4. The third-order valence-electron chi connectivity index (χ3n) is 4.84. The van der Waals surface area contributed by atoms with E-state index in [4.69, 9.17) is 10.8 Å². The van der Waals surface area contributed by atoms with Gasteiger partial charge in [0.1, 0.15) is 18.1 Å². The molecule has 0 radical (unpaired) electrons. The molecule has 0 aliphatic rings. The summed E-state index contributed by atoms with van der Waals surface area (Å²) >= 11 is 0. The zero-order chi connectivity index (χ0) is 20.9. The number of hydrogen-bond acceptors (Lipinski definition) is 7. The molecule has 8 N–H and O–H groups in total. The standard InChI is InChI=1S/C15H27N3O8/c1-14(2,15(3,4)13(25)26)9(12(23)24)18-6-8(11(21)22)17-5-7(16)10(19)20/h7-9,17-18H,5-6,16H2,1-4H3,(H,19,20)(H,21,22)(H,23,24)(H,25,26). The van der Waals surface area contributed by atoms with Gasteiger partial charge >= 0.3 is 23.9 Å². The number of hydrogen-bond donors (Lipinski definition) is 7. The van der Waals surface area contributed by atoms with Crippen molar-refractivity contribution >= 4 is 23.9 Å². The van der Waals surface area contributed by atoms with Crippen molar-refractivity contribution < 1.29 is 39.6 Å². The minimum absolute atomic E-state index is 0.338. The van der Waals surface area contributed by atoms with Crippen LogP contribution in [0.25, 0.3) is 0 Å². The molecule has 0 bridgehead atoms. The van der Waals surface area contributed by atoms with Crippen LogP contribution in [0.4, 0.5) is 0 Å². The predicted octanol–water partition coefficient (Wildman–Crippen LogP) is -1.38. The predicted molar refractivity (Wildman–Crippen MR) is 89.7 cm³/mol. The molecule has 0 spiro atoms. The minimum Gasteiger partial charge on any atom is -0.481 e. The Balaban J connectivity index is 5.26. The van der Waals surface area contributed by atoms with Crippen LogP contribution in [-0.2, 0) is 19.2 Å². The van der Waals surface area contributed by atoms with Crippen LogP contribution in [0.5, 0.6) is 0 Å². The molecule has 0 rings (SSSR count). The second-order valence-corrected chi connectivity index (χ2v) is 7.08. The summed E-state index contributed by atoms with van der Waals surface area (Å²) in [5, 5.41) is 41.7. The van der Waals surface area contributed by atoms with Gasteiger partial charge in [0, 0.05) is 18.5 Å². The van der Waals surface area contributed by atoms with Crippen LogP contribution in [0, 0.1) is 10.8 Å². The Hall–Kier alpha value is -2.24. The van der Waals surface area contributed by atoms with Crippen LogP contribution in [-0.4, -0.2) is 75.5 Å². The molecule has 150 valence electrons. The van der Waals surface area contributed by atoms with E-state index in [1.54, 1.807) is 0 Å². The van der Waals surface area contributed by atoms with Gasteiger partial charge in [-0.05, 0) is 13.8 Å². The lowest BCUT2D eigenvalue weighted by atomic mass is 9.63. The smallest absolute Gasteiger partial charge is 0.322 e. The Morgan fingerprint density at radius 1 is 0.846 bits per heavy atom. The van der Waals surface area contributed by atoms with Crippen molar-refractivity contribution in [2.24, 2.45) is 16.6 Å². The van der Waals surface area contributed by atoms with Crippen LogP contribution in [0.3, 0.4) is 0 Å². The molecule has 3 atom stereocenters. The highest BCUT2D eigenvalue weighted by Crippen LogP contribution is 2.41. The van der Waals surface area contributed by atoms with Gasteiger partial charge in [0.2, 0.25) is 0 Å². The van der Waals surface area contributed by atoms with E-state index in [2.05, 4.69) is 10.6 Å². The Labute approximate surface area is 150 Å². The fourth-order valence-electron chi connectivity index (χ4n) is 2.13. The fraction of sp³-hybridized carbons (Fsp3) is 0.733. The Morgan fingerprint density at radius 2 is 1.35 bits per heavy atom. The monoisotopic (exact) mass is 377 g/mol. The van der Waals surface area contributed by atoms with Crippen LogP contribution >= 0.6 is 0 Å². The maximum Gasteiger partial charge on any atom is 0.322 e. The van der Waals surface area contributed by atoms with Crippen LogP contribution in [0.2, 0.25) is 0 Å². The molecule has 0 aromatic rings. The maximum atomic E-state index is 11.6. The van der Waals surface area contributed by atoms with Crippen molar-refractivity contribution in [2.45, 2.75) is 45.8 Å². The Kier molecular flexibility index (Phi) is 8.15. The van der Waals surface area contributed by atoms with Gasteiger partial charge < -0.3 is 36.8 Å². The number of nitrogens with two attached hydrogens (primary N) is 1. The average molecular weight is 377 g/mol. The van der Waals surface area contributed by atoms with E-state index in [1.807, 2.05) is 0 Å². The molecule has 0 saturated heterocycles. The molecule has 0 aromatic heterocycles. The van der Waals surface area contributed by atoms with Gasteiger partial charge in [-0.3, -0.25) is 19.2 Å². The molecular formula is C15H27N3O8. The zero-order valence-electron chi connectivity index (χ0n) is 15.1. The van der Waals surface area contributed by atoms with E-state index >= 15 is 0 Å². The summed E-state index contributed by atoms with van der Waals surface area (Å²) < 4.78 is 0.